The van der Waals surface area contributed by atoms with Gasteiger partial charge in [0.1, 0.15) is 11.9 Å². The quantitative estimate of drug-likeness (QED) is 0.428. The maximum Gasteiger partial charge on any atom is 0.320 e. The van der Waals surface area contributed by atoms with E-state index in [4.69, 9.17) is 0 Å². The fourth-order valence-electron chi connectivity index (χ4n) is 5.09. The van der Waals surface area contributed by atoms with E-state index in [2.05, 4.69) is 0 Å². The number of hydrogen-bond donors (Lipinski definition) is 1. The molecule has 0 aromatic heterocycles. The lowest BCUT2D eigenvalue weighted by atomic mass is 9.93. The number of carboxylic acids is 1. The van der Waals surface area contributed by atoms with Gasteiger partial charge in [-0.25, -0.2) is 4.39 Å². The highest BCUT2D eigenvalue weighted by molar-refractivity contribution is 8.14. The first kappa shape index (κ1) is 33.2. The van der Waals surface area contributed by atoms with Gasteiger partial charge in [0.25, 0.3) is 0 Å². The lowest BCUT2D eigenvalue weighted by Gasteiger charge is -2.39. The molecule has 4 rings (SSSR count). The monoisotopic (exact) mass is 603 g/mol. The predicted octanol–water partition coefficient (Wildman–Crippen LogP) is 3.59. The highest BCUT2D eigenvalue weighted by Gasteiger charge is 2.41. The number of halogens is 3. The lowest BCUT2D eigenvalue weighted by Crippen LogP contribution is -2.54. The number of piperidine rings is 1. The van der Waals surface area contributed by atoms with Crippen molar-refractivity contribution in [3.8, 4) is 0 Å². The molecule has 2 heterocycles. The van der Waals surface area contributed by atoms with Crippen LogP contribution in [-0.2, 0) is 19.2 Å². The van der Waals surface area contributed by atoms with E-state index in [0.717, 1.165) is 18.4 Å². The number of Topliss-reactive ketones (excluding diaryl/α,β-unsaturated/α-hetero) is 1. The summed E-state index contributed by atoms with van der Waals surface area (Å²) in [5, 5.41) is 9.17. The first-order valence-corrected chi connectivity index (χ1v) is 13.7. The van der Waals surface area contributed by atoms with E-state index in [1.807, 2.05) is 11.0 Å². The topological polar surface area (TPSA) is 98.2 Å². The van der Waals surface area contributed by atoms with Crippen molar-refractivity contribution >= 4 is 59.4 Å². The molecule has 39 heavy (non-hydrogen) atoms. The van der Waals surface area contributed by atoms with Gasteiger partial charge in [-0.2, -0.15) is 0 Å². The van der Waals surface area contributed by atoms with Crippen LogP contribution in [0.3, 0.4) is 0 Å². The summed E-state index contributed by atoms with van der Waals surface area (Å²) in [6, 6.07) is 5.02. The first-order valence-electron chi connectivity index (χ1n) is 12.8. The third kappa shape index (κ3) is 8.27. The molecule has 1 amide bonds. The molecule has 216 valence electrons. The van der Waals surface area contributed by atoms with Crippen molar-refractivity contribution < 1.29 is 28.7 Å². The third-order valence-corrected chi connectivity index (χ3v) is 8.58. The van der Waals surface area contributed by atoms with Crippen molar-refractivity contribution in [1.82, 2.24) is 14.7 Å². The van der Waals surface area contributed by atoms with Crippen molar-refractivity contribution in [2.45, 2.75) is 50.4 Å². The Bertz CT molecular complexity index is 1100. The van der Waals surface area contributed by atoms with Crippen LogP contribution in [0.4, 0.5) is 4.39 Å². The number of carbonyl (C=O) groups excluding carboxylic acids is 3. The third-order valence-electron chi connectivity index (χ3n) is 7.43. The van der Waals surface area contributed by atoms with E-state index in [9.17, 15) is 28.7 Å². The van der Waals surface area contributed by atoms with Gasteiger partial charge in [-0.15, -0.1) is 24.8 Å². The van der Waals surface area contributed by atoms with E-state index in [-0.39, 0.29) is 59.3 Å². The molecule has 0 spiro atoms. The van der Waals surface area contributed by atoms with Crippen LogP contribution in [0.1, 0.15) is 44.7 Å². The minimum absolute atomic E-state index is 0. The van der Waals surface area contributed by atoms with Gasteiger partial charge in [-0.3, -0.25) is 29.0 Å². The zero-order valence-electron chi connectivity index (χ0n) is 22.1. The van der Waals surface area contributed by atoms with Crippen LogP contribution in [0.15, 0.2) is 35.9 Å². The van der Waals surface area contributed by atoms with Crippen LogP contribution in [0, 0.1) is 11.7 Å². The number of rotatable bonds is 9. The number of piperazine rings is 1. The minimum atomic E-state index is -0.958. The van der Waals surface area contributed by atoms with Crippen LogP contribution in [0.25, 0.3) is 0 Å². The van der Waals surface area contributed by atoms with Crippen LogP contribution < -0.4 is 0 Å². The summed E-state index contributed by atoms with van der Waals surface area (Å²) >= 11 is 1.25. The Morgan fingerprint density at radius 1 is 1.08 bits per heavy atom. The van der Waals surface area contributed by atoms with E-state index in [1.165, 1.54) is 24.8 Å². The molecular weight excluding hydrogens is 568 g/mol. The van der Waals surface area contributed by atoms with E-state index >= 15 is 0 Å². The van der Waals surface area contributed by atoms with Gasteiger partial charge in [0.05, 0.1) is 12.6 Å². The molecule has 2 aliphatic heterocycles. The molecule has 1 N–H and O–H groups in total. The molecule has 3 unspecified atom stereocenters. The summed E-state index contributed by atoms with van der Waals surface area (Å²) in [5.41, 5.74) is 1.33. The van der Waals surface area contributed by atoms with Crippen LogP contribution >= 0.6 is 36.6 Å². The summed E-state index contributed by atoms with van der Waals surface area (Å²) in [6.07, 6.45) is 4.26. The van der Waals surface area contributed by atoms with E-state index in [0.29, 0.717) is 44.7 Å². The molecule has 1 aromatic rings. The number of likely N-dealkylation sites (tertiary alicyclic amines) is 1. The summed E-state index contributed by atoms with van der Waals surface area (Å²) in [4.78, 5) is 54.6. The fraction of sp³-hybridized carbons (Fsp3) is 0.556. The van der Waals surface area contributed by atoms with Crippen LogP contribution in [-0.4, -0.2) is 93.1 Å². The second kappa shape index (κ2) is 14.6. The summed E-state index contributed by atoms with van der Waals surface area (Å²) in [7, 11) is 0. The first-order chi connectivity index (χ1) is 17.7. The number of amides is 1. The fourth-order valence-corrected chi connectivity index (χ4v) is 6.03. The molecular formula is C27H36Cl2FN3O5S. The Kier molecular flexibility index (Phi) is 12.4. The highest BCUT2D eigenvalue weighted by Crippen LogP contribution is 2.40. The van der Waals surface area contributed by atoms with Gasteiger partial charge in [0, 0.05) is 56.4 Å². The number of thioether (sulfide) groups is 1. The van der Waals surface area contributed by atoms with Gasteiger partial charge in [0.2, 0.25) is 5.91 Å². The summed E-state index contributed by atoms with van der Waals surface area (Å²) in [6.45, 7) is 5.32. The van der Waals surface area contributed by atoms with Gasteiger partial charge in [0.15, 0.2) is 10.9 Å². The zero-order chi connectivity index (χ0) is 26.7. The van der Waals surface area contributed by atoms with Crippen molar-refractivity contribution in [1.29, 1.82) is 0 Å². The number of carbonyl (C=O) groups is 4. The molecule has 1 aliphatic carbocycles. The molecule has 0 radical (unpaired) electrons. The van der Waals surface area contributed by atoms with Crippen molar-refractivity contribution in [2.75, 3.05) is 39.3 Å². The van der Waals surface area contributed by atoms with E-state index < -0.39 is 23.9 Å². The van der Waals surface area contributed by atoms with Crippen LogP contribution in [0.5, 0.6) is 0 Å². The highest BCUT2D eigenvalue weighted by atomic mass is 35.5. The maximum absolute atomic E-state index is 14.8. The number of hydrogen-bond acceptors (Lipinski definition) is 7. The van der Waals surface area contributed by atoms with Gasteiger partial charge >= 0.3 is 5.97 Å². The SMILES string of the molecule is CC(=O)SC1CCN(C(C(=O)C2CC2)c2ccccc2F)C/C1=C\CN1CCN(C(C)C(=O)O)CC1=O.Cl.Cl. The summed E-state index contributed by atoms with van der Waals surface area (Å²) in [5.74, 6) is -1.50. The number of nitrogens with zero attached hydrogens (tertiary/aromatic N) is 3. The normalized spacial score (nSPS) is 22.9. The molecule has 3 aliphatic rings. The average molecular weight is 605 g/mol. The Labute approximate surface area is 245 Å². The standard InChI is InChI=1S/C27H34FN3O5S.2ClH/c1-17(27(35)36)30-14-13-29(24(33)16-30)11-9-20-15-31(12-10-23(20)37-18(2)32)25(26(34)19-7-8-19)21-5-3-4-6-22(21)28;;/h3-6,9,17,19,23,25H,7-8,10-16H2,1-2H3,(H,35,36);2*1H/b20-9+;;. The largest absolute Gasteiger partial charge is 0.480 e. The van der Waals surface area contributed by atoms with Crippen molar-refractivity contribution in [3.05, 3.63) is 47.3 Å². The lowest BCUT2D eigenvalue weighted by molar-refractivity contribution is -0.146. The van der Waals surface area contributed by atoms with Crippen molar-refractivity contribution in [2.24, 2.45) is 5.92 Å². The molecule has 3 fully saturated rings. The number of carboxylic acid groups (broad SMARTS) is 1. The average Bonchev–Trinajstić information content (AvgIpc) is 3.70. The number of ketones is 1. The Morgan fingerprint density at radius 3 is 2.36 bits per heavy atom. The smallest absolute Gasteiger partial charge is 0.320 e. The summed E-state index contributed by atoms with van der Waals surface area (Å²) < 4.78 is 14.8. The van der Waals surface area contributed by atoms with E-state index in [1.54, 1.807) is 34.9 Å². The molecule has 2 saturated heterocycles. The predicted molar refractivity (Wildman–Crippen MR) is 153 cm³/mol. The molecule has 12 heteroatoms. The molecule has 0 bridgehead atoms. The zero-order valence-corrected chi connectivity index (χ0v) is 24.5. The van der Waals surface area contributed by atoms with Crippen LogP contribution in [0.2, 0.25) is 0 Å². The molecule has 3 atom stereocenters. The maximum atomic E-state index is 14.8. The van der Waals surface area contributed by atoms with Gasteiger partial charge in [-0.1, -0.05) is 36.0 Å². The Hall–Kier alpha value is -1.98. The van der Waals surface area contributed by atoms with Gasteiger partial charge < -0.3 is 10.0 Å². The Morgan fingerprint density at radius 2 is 1.77 bits per heavy atom. The minimum Gasteiger partial charge on any atom is -0.480 e. The number of aliphatic carboxylic acids is 1. The molecule has 8 nitrogen and oxygen atoms in total. The number of benzene rings is 1. The second-order valence-corrected chi connectivity index (χ2v) is 11.4. The molecule has 1 saturated carbocycles. The van der Waals surface area contributed by atoms with Gasteiger partial charge in [-0.05, 0) is 37.8 Å². The second-order valence-electron chi connectivity index (χ2n) is 10.1. The Balaban J connectivity index is 0.00000267. The van der Waals surface area contributed by atoms with Crippen molar-refractivity contribution in [3.63, 3.8) is 0 Å². The molecule has 1 aromatic carbocycles.